The second-order valence-corrected chi connectivity index (χ2v) is 7.32. The number of amides is 1. The van der Waals surface area contributed by atoms with Gasteiger partial charge in [-0.25, -0.2) is 0 Å². The molecule has 0 unspecified atom stereocenters. The molecule has 1 spiro atoms. The van der Waals surface area contributed by atoms with Crippen LogP contribution in [0.5, 0.6) is 0 Å². The van der Waals surface area contributed by atoms with E-state index in [1.807, 2.05) is 32.6 Å². The number of rotatable bonds is 3. The standard InChI is InChI=1S/C18H27N3O3/c1-12-14(13(2)21(4)19-12)11-20(3)17(23)15-10-16(22)24-18(15)8-6-5-7-9-18/h15H,5-11H2,1-4H3/t15-/m1/s1. The highest BCUT2D eigenvalue weighted by Gasteiger charge is 2.53. The molecule has 132 valence electrons. The first kappa shape index (κ1) is 17.0. The van der Waals surface area contributed by atoms with Gasteiger partial charge in [-0.1, -0.05) is 6.42 Å². The van der Waals surface area contributed by atoms with Gasteiger partial charge in [-0.15, -0.1) is 0 Å². The van der Waals surface area contributed by atoms with Crippen molar-refractivity contribution in [2.24, 2.45) is 13.0 Å². The van der Waals surface area contributed by atoms with Crippen molar-refractivity contribution in [1.29, 1.82) is 0 Å². The van der Waals surface area contributed by atoms with E-state index >= 15 is 0 Å². The van der Waals surface area contributed by atoms with Crippen LogP contribution in [-0.4, -0.2) is 39.2 Å². The number of hydrogen-bond donors (Lipinski definition) is 0. The molecule has 2 aliphatic rings. The van der Waals surface area contributed by atoms with Crippen molar-refractivity contribution in [2.75, 3.05) is 7.05 Å². The predicted octanol–water partition coefficient (Wildman–Crippen LogP) is 2.26. The van der Waals surface area contributed by atoms with Gasteiger partial charge in [0.05, 0.1) is 18.0 Å². The lowest BCUT2D eigenvalue weighted by Crippen LogP contribution is -2.46. The highest BCUT2D eigenvalue weighted by atomic mass is 16.6. The maximum absolute atomic E-state index is 13.1. The van der Waals surface area contributed by atoms with Gasteiger partial charge >= 0.3 is 5.97 Å². The molecule has 1 amide bonds. The lowest BCUT2D eigenvalue weighted by Gasteiger charge is -2.37. The molecule has 1 aliphatic heterocycles. The maximum atomic E-state index is 13.1. The summed E-state index contributed by atoms with van der Waals surface area (Å²) < 4.78 is 7.51. The van der Waals surface area contributed by atoms with E-state index in [1.54, 1.807) is 4.90 Å². The minimum Gasteiger partial charge on any atom is -0.458 e. The van der Waals surface area contributed by atoms with Crippen molar-refractivity contribution >= 4 is 11.9 Å². The zero-order valence-corrected chi connectivity index (χ0v) is 15.1. The van der Waals surface area contributed by atoms with E-state index in [2.05, 4.69) is 5.10 Å². The van der Waals surface area contributed by atoms with Crippen molar-refractivity contribution in [2.45, 2.75) is 64.5 Å². The SMILES string of the molecule is Cc1nn(C)c(C)c1CN(C)C(=O)[C@H]1CC(=O)OC12CCCCC2. The molecular weight excluding hydrogens is 306 g/mol. The second-order valence-electron chi connectivity index (χ2n) is 7.32. The first-order valence-corrected chi connectivity index (χ1v) is 8.80. The van der Waals surface area contributed by atoms with Crippen LogP contribution >= 0.6 is 0 Å². The minimum absolute atomic E-state index is 0.0189. The Balaban J connectivity index is 1.78. The van der Waals surface area contributed by atoms with Gasteiger partial charge in [-0.2, -0.15) is 5.10 Å². The van der Waals surface area contributed by atoms with E-state index in [0.29, 0.717) is 6.54 Å². The molecule has 1 saturated heterocycles. The average molecular weight is 333 g/mol. The molecule has 24 heavy (non-hydrogen) atoms. The highest BCUT2D eigenvalue weighted by Crippen LogP contribution is 2.44. The van der Waals surface area contributed by atoms with Crippen molar-refractivity contribution in [3.8, 4) is 0 Å². The Morgan fingerprint density at radius 2 is 2.00 bits per heavy atom. The number of aryl methyl sites for hydroxylation is 2. The van der Waals surface area contributed by atoms with Gasteiger partial charge < -0.3 is 9.64 Å². The summed E-state index contributed by atoms with van der Waals surface area (Å²) >= 11 is 0. The van der Waals surface area contributed by atoms with Crippen molar-refractivity contribution < 1.29 is 14.3 Å². The topological polar surface area (TPSA) is 64.4 Å². The number of hydrogen-bond acceptors (Lipinski definition) is 4. The Hall–Kier alpha value is -1.85. The van der Waals surface area contributed by atoms with Crippen LogP contribution in [0.4, 0.5) is 0 Å². The summed E-state index contributed by atoms with van der Waals surface area (Å²) in [6.07, 6.45) is 5.06. The third-order valence-corrected chi connectivity index (χ3v) is 5.75. The largest absolute Gasteiger partial charge is 0.458 e. The third-order valence-electron chi connectivity index (χ3n) is 5.75. The molecule has 1 aromatic heterocycles. The quantitative estimate of drug-likeness (QED) is 0.796. The molecule has 1 atom stereocenters. The second kappa shape index (κ2) is 6.22. The summed E-state index contributed by atoms with van der Waals surface area (Å²) in [7, 11) is 3.72. The smallest absolute Gasteiger partial charge is 0.307 e. The fraction of sp³-hybridized carbons (Fsp3) is 0.722. The van der Waals surface area contributed by atoms with Crippen LogP contribution < -0.4 is 0 Å². The Morgan fingerprint density at radius 3 is 2.58 bits per heavy atom. The Morgan fingerprint density at radius 1 is 1.33 bits per heavy atom. The van der Waals surface area contributed by atoms with Gasteiger partial charge in [0.15, 0.2) is 0 Å². The molecule has 3 rings (SSSR count). The van der Waals surface area contributed by atoms with E-state index in [-0.39, 0.29) is 24.2 Å². The van der Waals surface area contributed by atoms with Gasteiger partial charge in [-0.3, -0.25) is 14.3 Å². The van der Waals surface area contributed by atoms with Gasteiger partial charge in [0.2, 0.25) is 5.91 Å². The van der Waals surface area contributed by atoms with Crippen LogP contribution in [0.3, 0.4) is 0 Å². The van der Waals surface area contributed by atoms with Crippen LogP contribution in [0.15, 0.2) is 0 Å². The predicted molar refractivity (Wildman–Crippen MR) is 89.2 cm³/mol. The monoisotopic (exact) mass is 333 g/mol. The van der Waals surface area contributed by atoms with Crippen molar-refractivity contribution in [1.82, 2.24) is 14.7 Å². The van der Waals surface area contributed by atoms with E-state index in [0.717, 1.165) is 49.1 Å². The van der Waals surface area contributed by atoms with Crippen LogP contribution in [0.25, 0.3) is 0 Å². The normalized spacial score (nSPS) is 22.7. The molecule has 1 aromatic rings. The van der Waals surface area contributed by atoms with Gasteiger partial charge in [-0.05, 0) is 39.5 Å². The molecule has 2 heterocycles. The summed E-state index contributed by atoms with van der Waals surface area (Å²) in [4.78, 5) is 26.7. The van der Waals surface area contributed by atoms with Crippen molar-refractivity contribution in [3.05, 3.63) is 17.0 Å². The lowest BCUT2D eigenvalue weighted by atomic mass is 9.75. The van der Waals surface area contributed by atoms with Crippen LogP contribution in [0, 0.1) is 19.8 Å². The van der Waals surface area contributed by atoms with E-state index < -0.39 is 5.60 Å². The fourth-order valence-electron chi connectivity index (χ4n) is 4.23. The maximum Gasteiger partial charge on any atom is 0.307 e. The van der Waals surface area contributed by atoms with E-state index in [9.17, 15) is 9.59 Å². The number of aromatic nitrogens is 2. The molecule has 0 radical (unpaired) electrons. The Labute approximate surface area is 143 Å². The number of carbonyl (C=O) groups excluding carboxylic acids is 2. The summed E-state index contributed by atoms with van der Waals surface area (Å²) in [6, 6.07) is 0. The number of ether oxygens (including phenoxy) is 1. The molecular formula is C18H27N3O3. The number of nitrogens with zero attached hydrogens (tertiary/aromatic N) is 3. The molecule has 0 aromatic carbocycles. The summed E-state index contributed by atoms with van der Waals surface area (Å²) in [5, 5.41) is 4.42. The molecule has 1 aliphatic carbocycles. The zero-order valence-electron chi connectivity index (χ0n) is 15.1. The average Bonchev–Trinajstić information content (AvgIpc) is 2.98. The summed E-state index contributed by atoms with van der Waals surface area (Å²) in [6.45, 7) is 4.50. The molecule has 1 saturated carbocycles. The highest BCUT2D eigenvalue weighted by molar-refractivity contribution is 5.87. The first-order chi connectivity index (χ1) is 11.3. The minimum atomic E-state index is -0.556. The first-order valence-electron chi connectivity index (χ1n) is 8.80. The number of carbonyl (C=O) groups is 2. The Bertz CT molecular complexity index is 659. The van der Waals surface area contributed by atoms with Gasteiger partial charge in [0.1, 0.15) is 5.60 Å². The van der Waals surface area contributed by atoms with Crippen LogP contribution in [0.2, 0.25) is 0 Å². The zero-order chi connectivity index (χ0) is 17.5. The third kappa shape index (κ3) is 2.82. The lowest BCUT2D eigenvalue weighted by molar-refractivity contribution is -0.155. The molecule has 2 fully saturated rings. The Kier molecular flexibility index (Phi) is 4.40. The van der Waals surface area contributed by atoms with E-state index in [4.69, 9.17) is 4.74 Å². The van der Waals surface area contributed by atoms with Crippen LogP contribution in [-0.2, 0) is 27.9 Å². The van der Waals surface area contributed by atoms with E-state index in [1.165, 1.54) is 0 Å². The van der Waals surface area contributed by atoms with Gasteiger partial charge in [0.25, 0.3) is 0 Å². The number of esters is 1. The summed E-state index contributed by atoms with van der Waals surface area (Å²) in [5.41, 5.74) is 2.54. The molecule has 6 heteroatoms. The molecule has 0 bridgehead atoms. The fourth-order valence-corrected chi connectivity index (χ4v) is 4.23. The van der Waals surface area contributed by atoms with Crippen LogP contribution in [0.1, 0.15) is 55.5 Å². The molecule has 0 N–H and O–H groups in total. The summed E-state index contributed by atoms with van der Waals surface area (Å²) in [5.74, 6) is -0.546. The molecule has 6 nitrogen and oxygen atoms in total. The van der Waals surface area contributed by atoms with Crippen molar-refractivity contribution in [3.63, 3.8) is 0 Å². The van der Waals surface area contributed by atoms with Gasteiger partial charge in [0, 0.05) is 31.9 Å².